The number of hydrogen-bond donors (Lipinski definition) is 0. The minimum Gasteiger partial charge on any atom is -0.166 e. The Labute approximate surface area is 94.8 Å². The summed E-state index contributed by atoms with van der Waals surface area (Å²) < 4.78 is 37.7. The zero-order chi connectivity index (χ0) is 9.35. The first-order chi connectivity index (χ1) is 5.41. The molecule has 5 heteroatoms. The summed E-state index contributed by atoms with van der Waals surface area (Å²) in [5.41, 5.74) is -0.590. The van der Waals surface area contributed by atoms with Crippen molar-refractivity contribution in [2.24, 2.45) is 0 Å². The monoisotopic (exact) mass is 398 g/mol. The Morgan fingerprint density at radius 1 is 1.00 bits per heavy atom. The maximum atomic E-state index is 12.1. The van der Waals surface area contributed by atoms with Gasteiger partial charge in [-0.2, -0.15) is 13.2 Å². The molecule has 0 atom stereocenters. The standard InChI is InChI=1S/C7H3F3I2/c8-7(9,10)4-1-2-5(11)6(12)3-4/h1-3H. The maximum absolute atomic E-state index is 12.1. The summed E-state index contributed by atoms with van der Waals surface area (Å²) in [7, 11) is 0. The Balaban J connectivity index is 3.14. The molecule has 0 spiro atoms. The van der Waals surface area contributed by atoms with Crippen LogP contribution in [0.5, 0.6) is 0 Å². The van der Waals surface area contributed by atoms with E-state index in [0.29, 0.717) is 3.57 Å². The Bertz CT molecular complexity index is 293. The normalized spacial score (nSPS) is 11.8. The van der Waals surface area contributed by atoms with Gasteiger partial charge in [-0.25, -0.2) is 0 Å². The molecule has 0 saturated carbocycles. The first-order valence-corrected chi connectivity index (χ1v) is 5.09. The smallest absolute Gasteiger partial charge is 0.166 e. The summed E-state index contributed by atoms with van der Waals surface area (Å²) >= 11 is 3.88. The zero-order valence-corrected chi connectivity index (χ0v) is 9.94. The van der Waals surface area contributed by atoms with Crippen LogP contribution in [0.15, 0.2) is 18.2 Å². The molecule has 0 unspecified atom stereocenters. The third-order valence-electron chi connectivity index (χ3n) is 1.25. The van der Waals surface area contributed by atoms with E-state index in [1.54, 1.807) is 0 Å². The third kappa shape index (κ3) is 2.48. The predicted octanol–water partition coefficient (Wildman–Crippen LogP) is 3.91. The molecule has 1 aromatic carbocycles. The summed E-state index contributed by atoms with van der Waals surface area (Å²) in [5, 5.41) is 0. The molecule has 0 aromatic heterocycles. The van der Waals surface area contributed by atoms with Crippen molar-refractivity contribution < 1.29 is 13.2 Å². The van der Waals surface area contributed by atoms with Crippen LogP contribution in [0.2, 0.25) is 0 Å². The zero-order valence-electron chi connectivity index (χ0n) is 5.62. The lowest BCUT2D eigenvalue weighted by molar-refractivity contribution is -0.137. The van der Waals surface area contributed by atoms with Crippen LogP contribution < -0.4 is 0 Å². The van der Waals surface area contributed by atoms with Gasteiger partial charge in [0.25, 0.3) is 0 Å². The van der Waals surface area contributed by atoms with Crippen molar-refractivity contribution in [3.63, 3.8) is 0 Å². The second-order valence-electron chi connectivity index (χ2n) is 2.13. The Morgan fingerprint density at radius 2 is 1.58 bits per heavy atom. The minimum absolute atomic E-state index is 0.590. The molecule has 1 aromatic rings. The second kappa shape index (κ2) is 3.69. The fraction of sp³-hybridized carbons (Fsp3) is 0.143. The quantitative estimate of drug-likeness (QED) is 0.582. The molecule has 0 bridgehead atoms. The average Bonchev–Trinajstić information content (AvgIpc) is 1.92. The Kier molecular flexibility index (Phi) is 3.24. The summed E-state index contributed by atoms with van der Waals surface area (Å²) in [6, 6.07) is 3.69. The van der Waals surface area contributed by atoms with Gasteiger partial charge in [0.15, 0.2) is 0 Å². The number of rotatable bonds is 0. The topological polar surface area (TPSA) is 0 Å². The molecule has 0 aliphatic heterocycles. The molecule has 0 fully saturated rings. The highest BCUT2D eigenvalue weighted by atomic mass is 127. The molecule has 0 heterocycles. The third-order valence-corrected chi connectivity index (χ3v) is 4.11. The van der Waals surface area contributed by atoms with Crippen molar-refractivity contribution in [2.75, 3.05) is 0 Å². The predicted molar refractivity (Wildman–Crippen MR) is 56.9 cm³/mol. The lowest BCUT2D eigenvalue weighted by atomic mass is 10.2. The van der Waals surface area contributed by atoms with E-state index < -0.39 is 11.7 Å². The van der Waals surface area contributed by atoms with Crippen LogP contribution in [0.4, 0.5) is 13.2 Å². The van der Waals surface area contributed by atoms with E-state index in [0.717, 1.165) is 15.7 Å². The largest absolute Gasteiger partial charge is 0.416 e. The van der Waals surface area contributed by atoms with Crippen molar-refractivity contribution >= 4 is 45.2 Å². The lowest BCUT2D eigenvalue weighted by Gasteiger charge is -2.06. The molecular formula is C7H3F3I2. The summed E-state index contributed by atoms with van der Waals surface area (Å²) in [6.45, 7) is 0. The minimum atomic E-state index is -4.23. The molecule has 0 aliphatic rings. The maximum Gasteiger partial charge on any atom is 0.416 e. The van der Waals surface area contributed by atoms with E-state index in [2.05, 4.69) is 0 Å². The van der Waals surface area contributed by atoms with Crippen molar-refractivity contribution in [3.05, 3.63) is 30.9 Å². The van der Waals surface area contributed by atoms with Gasteiger partial charge in [-0.3, -0.25) is 0 Å². The Hall–Kier alpha value is 0.470. The van der Waals surface area contributed by atoms with Crippen LogP contribution in [-0.4, -0.2) is 0 Å². The van der Waals surface area contributed by atoms with Gasteiger partial charge < -0.3 is 0 Å². The van der Waals surface area contributed by atoms with E-state index in [4.69, 9.17) is 0 Å². The summed E-state index contributed by atoms with van der Waals surface area (Å²) in [4.78, 5) is 0. The number of halogens is 5. The lowest BCUT2D eigenvalue weighted by Crippen LogP contribution is -2.05. The van der Waals surface area contributed by atoms with E-state index in [1.807, 2.05) is 45.2 Å². The van der Waals surface area contributed by atoms with Crippen LogP contribution in [0, 0.1) is 7.14 Å². The molecule has 1 rings (SSSR count). The Morgan fingerprint density at radius 3 is 2.00 bits per heavy atom. The van der Waals surface area contributed by atoms with E-state index >= 15 is 0 Å². The van der Waals surface area contributed by atoms with Crippen LogP contribution in [0.3, 0.4) is 0 Å². The van der Waals surface area contributed by atoms with E-state index in [9.17, 15) is 13.2 Å². The highest BCUT2D eigenvalue weighted by Crippen LogP contribution is 2.31. The van der Waals surface area contributed by atoms with Crippen molar-refractivity contribution in [1.82, 2.24) is 0 Å². The molecule has 0 N–H and O–H groups in total. The fourth-order valence-electron chi connectivity index (χ4n) is 0.672. The summed E-state index contributed by atoms with van der Waals surface area (Å²) in [6.07, 6.45) is -4.23. The highest BCUT2D eigenvalue weighted by Gasteiger charge is 2.30. The van der Waals surface area contributed by atoms with Gasteiger partial charge in [0.2, 0.25) is 0 Å². The second-order valence-corrected chi connectivity index (χ2v) is 4.45. The van der Waals surface area contributed by atoms with E-state index in [1.165, 1.54) is 6.07 Å². The fourth-order valence-corrected chi connectivity index (χ4v) is 1.52. The van der Waals surface area contributed by atoms with Gasteiger partial charge in [-0.05, 0) is 63.4 Å². The number of hydrogen-bond acceptors (Lipinski definition) is 0. The average molecular weight is 398 g/mol. The van der Waals surface area contributed by atoms with Gasteiger partial charge >= 0.3 is 6.18 Å². The van der Waals surface area contributed by atoms with Crippen molar-refractivity contribution in [2.45, 2.75) is 6.18 Å². The van der Waals surface area contributed by atoms with Gasteiger partial charge in [0, 0.05) is 7.14 Å². The number of alkyl halides is 3. The SMILES string of the molecule is FC(F)(F)c1ccc(I)c(I)c1. The molecular weight excluding hydrogens is 395 g/mol. The first-order valence-electron chi connectivity index (χ1n) is 2.93. The van der Waals surface area contributed by atoms with Gasteiger partial charge in [-0.1, -0.05) is 0 Å². The van der Waals surface area contributed by atoms with Crippen LogP contribution in [-0.2, 0) is 6.18 Å². The van der Waals surface area contributed by atoms with Gasteiger partial charge in [-0.15, -0.1) is 0 Å². The number of benzene rings is 1. The molecule has 0 radical (unpaired) electrons. The molecule has 0 saturated heterocycles. The van der Waals surface area contributed by atoms with Crippen LogP contribution >= 0.6 is 45.2 Å². The molecule has 0 aliphatic carbocycles. The molecule has 0 amide bonds. The highest BCUT2D eigenvalue weighted by molar-refractivity contribution is 14.1. The van der Waals surface area contributed by atoms with Gasteiger partial charge in [0.05, 0.1) is 5.56 Å². The van der Waals surface area contributed by atoms with E-state index in [-0.39, 0.29) is 0 Å². The van der Waals surface area contributed by atoms with Gasteiger partial charge in [0.1, 0.15) is 0 Å². The summed E-state index contributed by atoms with van der Waals surface area (Å²) in [5.74, 6) is 0. The molecule has 0 nitrogen and oxygen atoms in total. The van der Waals surface area contributed by atoms with Crippen molar-refractivity contribution in [3.8, 4) is 0 Å². The van der Waals surface area contributed by atoms with Crippen LogP contribution in [0.1, 0.15) is 5.56 Å². The van der Waals surface area contributed by atoms with Crippen molar-refractivity contribution in [1.29, 1.82) is 0 Å². The first kappa shape index (κ1) is 10.6. The molecule has 12 heavy (non-hydrogen) atoms. The molecule has 66 valence electrons. The van der Waals surface area contributed by atoms with Crippen LogP contribution in [0.25, 0.3) is 0 Å².